The number of hydrogen-bond donors (Lipinski definition) is 2. The lowest BCUT2D eigenvalue weighted by atomic mass is 10.2. The first kappa shape index (κ1) is 12.4. The topological polar surface area (TPSA) is 58.4 Å². The van der Waals surface area contributed by atoms with Crippen molar-refractivity contribution in [2.75, 3.05) is 19.0 Å². The first-order valence-electron chi connectivity index (χ1n) is 5.59. The summed E-state index contributed by atoms with van der Waals surface area (Å²) in [6.45, 7) is 3.23. The lowest BCUT2D eigenvalue weighted by molar-refractivity contribution is -0.115. The van der Waals surface area contributed by atoms with Crippen molar-refractivity contribution < 1.29 is 4.79 Å². The standard InChI is InChI=1S/C12H17N3OS/c1-8-12(16)14-10-5-9(6-15(2)7-13)3-4-11(10)17-8/h3-5,8H,6-7,13H2,1-2H3,(H,14,16). The van der Waals surface area contributed by atoms with Crippen LogP contribution in [0.5, 0.6) is 0 Å². The van der Waals surface area contributed by atoms with Crippen molar-refractivity contribution in [3.8, 4) is 0 Å². The van der Waals surface area contributed by atoms with Crippen molar-refractivity contribution in [3.63, 3.8) is 0 Å². The number of fused-ring (bicyclic) bond motifs is 1. The van der Waals surface area contributed by atoms with Crippen molar-refractivity contribution in [2.24, 2.45) is 5.73 Å². The van der Waals surface area contributed by atoms with Crippen molar-refractivity contribution in [1.82, 2.24) is 4.90 Å². The second kappa shape index (κ2) is 5.08. The van der Waals surface area contributed by atoms with Gasteiger partial charge in [-0.1, -0.05) is 6.07 Å². The van der Waals surface area contributed by atoms with E-state index < -0.39 is 0 Å². The Hall–Kier alpha value is -1.04. The number of nitrogens with zero attached hydrogens (tertiary/aromatic N) is 1. The Kier molecular flexibility index (Phi) is 3.71. The van der Waals surface area contributed by atoms with E-state index in [1.807, 2.05) is 24.9 Å². The molecule has 0 aromatic heterocycles. The maximum absolute atomic E-state index is 11.6. The maximum atomic E-state index is 11.6. The van der Waals surface area contributed by atoms with Crippen LogP contribution in [0.1, 0.15) is 12.5 Å². The van der Waals surface area contributed by atoms with E-state index >= 15 is 0 Å². The smallest absolute Gasteiger partial charge is 0.237 e. The summed E-state index contributed by atoms with van der Waals surface area (Å²) in [6.07, 6.45) is 0. The zero-order valence-electron chi connectivity index (χ0n) is 10.1. The van der Waals surface area contributed by atoms with E-state index in [4.69, 9.17) is 5.73 Å². The minimum absolute atomic E-state index is 0.0138. The van der Waals surface area contributed by atoms with Gasteiger partial charge in [0.25, 0.3) is 0 Å². The van der Waals surface area contributed by atoms with Gasteiger partial charge in [-0.15, -0.1) is 11.8 Å². The molecule has 0 spiro atoms. The zero-order chi connectivity index (χ0) is 12.4. The molecule has 1 atom stereocenters. The Morgan fingerprint density at radius 2 is 2.29 bits per heavy atom. The fourth-order valence-electron chi connectivity index (χ4n) is 1.73. The number of rotatable bonds is 3. The van der Waals surface area contributed by atoms with Crippen LogP contribution in [-0.4, -0.2) is 29.8 Å². The van der Waals surface area contributed by atoms with Gasteiger partial charge in [0, 0.05) is 18.1 Å². The first-order valence-corrected chi connectivity index (χ1v) is 6.47. The second-order valence-electron chi connectivity index (χ2n) is 4.28. The third-order valence-corrected chi connectivity index (χ3v) is 3.92. The number of benzene rings is 1. The highest BCUT2D eigenvalue weighted by molar-refractivity contribution is 8.00. The van der Waals surface area contributed by atoms with Crippen molar-refractivity contribution >= 4 is 23.4 Å². The molecule has 1 aromatic carbocycles. The highest BCUT2D eigenvalue weighted by atomic mass is 32.2. The molecule has 1 heterocycles. The molecule has 1 aromatic rings. The molecule has 1 aliphatic heterocycles. The molecule has 92 valence electrons. The summed E-state index contributed by atoms with van der Waals surface area (Å²) in [5.41, 5.74) is 7.63. The Morgan fingerprint density at radius 1 is 1.53 bits per heavy atom. The van der Waals surface area contributed by atoms with E-state index in [0.29, 0.717) is 6.67 Å². The molecule has 4 nitrogen and oxygen atoms in total. The van der Waals surface area contributed by atoms with Crippen LogP contribution < -0.4 is 11.1 Å². The normalized spacial score (nSPS) is 19.1. The average Bonchev–Trinajstić information content (AvgIpc) is 2.31. The summed E-state index contributed by atoms with van der Waals surface area (Å²) in [5.74, 6) is 0.0758. The Labute approximate surface area is 106 Å². The minimum Gasteiger partial charge on any atom is -0.324 e. The Bertz CT molecular complexity index is 436. The SMILES string of the molecule is CC1Sc2ccc(CN(C)CN)cc2NC1=O. The van der Waals surface area contributed by atoms with Crippen LogP contribution in [0.2, 0.25) is 0 Å². The van der Waals surface area contributed by atoms with Crippen LogP contribution >= 0.6 is 11.8 Å². The van der Waals surface area contributed by atoms with Gasteiger partial charge in [-0.2, -0.15) is 0 Å². The molecule has 3 N–H and O–H groups in total. The third-order valence-electron chi connectivity index (χ3n) is 2.74. The van der Waals surface area contributed by atoms with Crippen LogP contribution in [0.4, 0.5) is 5.69 Å². The Morgan fingerprint density at radius 3 is 3.00 bits per heavy atom. The second-order valence-corrected chi connectivity index (χ2v) is 5.66. The van der Waals surface area contributed by atoms with Crippen LogP contribution in [-0.2, 0) is 11.3 Å². The average molecular weight is 251 g/mol. The third kappa shape index (κ3) is 2.80. The van der Waals surface area contributed by atoms with E-state index in [0.717, 1.165) is 22.7 Å². The largest absolute Gasteiger partial charge is 0.324 e. The number of amides is 1. The molecule has 1 unspecified atom stereocenters. The van der Waals surface area contributed by atoms with Gasteiger partial charge in [-0.05, 0) is 31.7 Å². The van der Waals surface area contributed by atoms with Gasteiger partial charge in [0.2, 0.25) is 5.91 Å². The monoisotopic (exact) mass is 251 g/mol. The molecule has 0 saturated heterocycles. The van der Waals surface area contributed by atoms with Gasteiger partial charge in [0.15, 0.2) is 0 Å². The maximum Gasteiger partial charge on any atom is 0.237 e. The summed E-state index contributed by atoms with van der Waals surface area (Å²) >= 11 is 1.60. The number of anilines is 1. The number of nitrogens with one attached hydrogen (secondary N) is 1. The van der Waals surface area contributed by atoms with Gasteiger partial charge >= 0.3 is 0 Å². The molecule has 17 heavy (non-hydrogen) atoms. The molecule has 2 rings (SSSR count). The summed E-state index contributed by atoms with van der Waals surface area (Å²) in [4.78, 5) is 14.7. The molecule has 0 saturated carbocycles. The van der Waals surface area contributed by atoms with E-state index in [9.17, 15) is 4.79 Å². The van der Waals surface area contributed by atoms with Gasteiger partial charge in [-0.25, -0.2) is 0 Å². The van der Waals surface area contributed by atoms with Crippen LogP contribution in [0.3, 0.4) is 0 Å². The molecular formula is C12H17N3OS. The van der Waals surface area contributed by atoms with Crippen LogP contribution in [0.15, 0.2) is 23.1 Å². The summed E-state index contributed by atoms with van der Waals surface area (Å²) < 4.78 is 0. The van der Waals surface area contributed by atoms with Gasteiger partial charge in [0.1, 0.15) is 0 Å². The quantitative estimate of drug-likeness (QED) is 0.799. The number of carbonyl (C=O) groups is 1. The number of thioether (sulfide) groups is 1. The van der Waals surface area contributed by atoms with Gasteiger partial charge < -0.3 is 11.1 Å². The lowest BCUT2D eigenvalue weighted by Crippen LogP contribution is -2.27. The molecule has 0 bridgehead atoms. The summed E-state index contributed by atoms with van der Waals surface area (Å²) in [7, 11) is 1.97. The van der Waals surface area contributed by atoms with E-state index in [1.165, 1.54) is 0 Å². The van der Waals surface area contributed by atoms with E-state index in [2.05, 4.69) is 17.4 Å². The van der Waals surface area contributed by atoms with Crippen molar-refractivity contribution in [2.45, 2.75) is 23.6 Å². The van der Waals surface area contributed by atoms with E-state index in [1.54, 1.807) is 11.8 Å². The lowest BCUT2D eigenvalue weighted by Gasteiger charge is -2.22. The van der Waals surface area contributed by atoms with Crippen LogP contribution in [0, 0.1) is 0 Å². The van der Waals surface area contributed by atoms with Crippen LogP contribution in [0.25, 0.3) is 0 Å². The highest BCUT2D eigenvalue weighted by Gasteiger charge is 2.22. The minimum atomic E-state index is -0.0138. The van der Waals surface area contributed by atoms with Crippen molar-refractivity contribution in [1.29, 1.82) is 0 Å². The first-order chi connectivity index (χ1) is 8.10. The molecule has 0 aliphatic carbocycles. The summed E-state index contributed by atoms with van der Waals surface area (Å²) in [5, 5.41) is 2.92. The Balaban J connectivity index is 2.19. The summed E-state index contributed by atoms with van der Waals surface area (Å²) in [6, 6.07) is 6.18. The molecule has 0 fully saturated rings. The molecule has 1 amide bonds. The zero-order valence-corrected chi connectivity index (χ0v) is 10.9. The predicted molar refractivity (Wildman–Crippen MR) is 70.9 cm³/mol. The van der Waals surface area contributed by atoms with Gasteiger partial charge in [0.05, 0.1) is 10.9 Å². The highest BCUT2D eigenvalue weighted by Crippen LogP contribution is 2.35. The number of hydrogen-bond acceptors (Lipinski definition) is 4. The molecule has 0 radical (unpaired) electrons. The fraction of sp³-hybridized carbons (Fsp3) is 0.417. The molecular weight excluding hydrogens is 234 g/mol. The number of nitrogens with two attached hydrogens (primary N) is 1. The molecule has 1 aliphatic rings. The number of carbonyl (C=O) groups excluding carboxylic acids is 1. The van der Waals surface area contributed by atoms with E-state index in [-0.39, 0.29) is 11.2 Å². The van der Waals surface area contributed by atoms with Gasteiger partial charge in [-0.3, -0.25) is 9.69 Å². The predicted octanol–water partition coefficient (Wildman–Crippen LogP) is 1.47. The van der Waals surface area contributed by atoms with Crippen molar-refractivity contribution in [3.05, 3.63) is 23.8 Å². The molecule has 5 heteroatoms. The fourth-order valence-corrected chi connectivity index (χ4v) is 2.66.